The van der Waals surface area contributed by atoms with Gasteiger partial charge in [-0.15, -0.1) is 0 Å². The minimum Gasteiger partial charge on any atom is -0.439 e. The van der Waals surface area contributed by atoms with E-state index in [0.717, 1.165) is 23.5 Å². The highest BCUT2D eigenvalue weighted by molar-refractivity contribution is 7.91. The molecule has 0 unspecified atom stereocenters. The maximum atomic E-state index is 13.0. The zero-order chi connectivity index (χ0) is 25.2. The number of hydrogen-bond donors (Lipinski definition) is 1. The van der Waals surface area contributed by atoms with Crippen molar-refractivity contribution in [2.45, 2.75) is 24.5 Å². The lowest BCUT2D eigenvalue weighted by atomic mass is 10.2. The van der Waals surface area contributed by atoms with Gasteiger partial charge in [-0.1, -0.05) is 12.1 Å². The summed E-state index contributed by atoms with van der Waals surface area (Å²) in [4.78, 5) is 24.4. The molecule has 0 bridgehead atoms. The lowest BCUT2D eigenvalue weighted by Gasteiger charge is -2.11. The molecule has 35 heavy (non-hydrogen) atoms. The molecule has 0 radical (unpaired) electrons. The van der Waals surface area contributed by atoms with E-state index in [9.17, 15) is 22.0 Å². The molecule has 2 aromatic carbocycles. The van der Waals surface area contributed by atoms with Gasteiger partial charge in [0.05, 0.1) is 16.2 Å². The summed E-state index contributed by atoms with van der Waals surface area (Å²) in [5.41, 5.74) is 1.72. The molecule has 0 saturated carbocycles. The van der Waals surface area contributed by atoms with E-state index in [2.05, 4.69) is 20.3 Å². The van der Waals surface area contributed by atoms with Crippen LogP contribution in [0.4, 0.5) is 14.5 Å². The number of sulfone groups is 1. The van der Waals surface area contributed by atoms with Crippen LogP contribution in [0.5, 0.6) is 11.6 Å². The Morgan fingerprint density at radius 2 is 1.74 bits per heavy atom. The Labute approximate surface area is 199 Å². The molecule has 0 fully saturated rings. The minimum atomic E-state index is -4.94. The van der Waals surface area contributed by atoms with Crippen LogP contribution in [-0.4, -0.2) is 39.6 Å². The van der Waals surface area contributed by atoms with Crippen LogP contribution in [0, 0.1) is 13.8 Å². The SMILES string of the molecule is Cc1ncn(-c2cc(Oc3ccc(NC(=O)c4ccccc4S(=O)(=O)C(F)F)cc3)ncn2)c1C. The highest BCUT2D eigenvalue weighted by Crippen LogP contribution is 2.25. The van der Waals surface area contributed by atoms with Gasteiger partial charge in [-0.25, -0.2) is 23.4 Å². The second-order valence-electron chi connectivity index (χ2n) is 7.38. The summed E-state index contributed by atoms with van der Waals surface area (Å²) in [6.45, 7) is 3.81. The van der Waals surface area contributed by atoms with Crippen molar-refractivity contribution in [2.24, 2.45) is 0 Å². The third-order valence-corrected chi connectivity index (χ3v) is 6.57. The van der Waals surface area contributed by atoms with E-state index >= 15 is 0 Å². The molecular formula is C23H19F2N5O4S. The van der Waals surface area contributed by atoms with E-state index in [1.807, 2.05) is 13.8 Å². The Morgan fingerprint density at radius 1 is 1.03 bits per heavy atom. The average Bonchev–Trinajstić information content (AvgIpc) is 3.18. The highest BCUT2D eigenvalue weighted by Gasteiger charge is 2.30. The Kier molecular flexibility index (Phi) is 6.56. The molecule has 9 nitrogen and oxygen atoms in total. The quantitative estimate of drug-likeness (QED) is 0.403. The van der Waals surface area contributed by atoms with E-state index in [0.29, 0.717) is 17.3 Å². The van der Waals surface area contributed by atoms with Crippen molar-refractivity contribution in [3.63, 3.8) is 0 Å². The number of ether oxygens (including phenoxy) is 1. The molecule has 4 aromatic rings. The van der Waals surface area contributed by atoms with Crippen LogP contribution in [0.25, 0.3) is 5.82 Å². The Balaban J connectivity index is 1.49. The summed E-state index contributed by atoms with van der Waals surface area (Å²) in [5.74, 6) is -3.22. The number of benzene rings is 2. The second-order valence-corrected chi connectivity index (χ2v) is 9.27. The number of alkyl halides is 2. The predicted octanol–water partition coefficient (Wildman–Crippen LogP) is 4.32. The van der Waals surface area contributed by atoms with Gasteiger partial charge in [0.15, 0.2) is 0 Å². The highest BCUT2D eigenvalue weighted by atomic mass is 32.2. The summed E-state index contributed by atoms with van der Waals surface area (Å²) in [6, 6.07) is 12.6. The molecule has 2 heterocycles. The number of aryl methyl sites for hydroxylation is 1. The van der Waals surface area contributed by atoms with Gasteiger partial charge in [0, 0.05) is 17.4 Å². The van der Waals surface area contributed by atoms with Crippen LogP contribution in [0.3, 0.4) is 0 Å². The van der Waals surface area contributed by atoms with Gasteiger partial charge in [-0.2, -0.15) is 8.78 Å². The molecule has 0 spiro atoms. The van der Waals surface area contributed by atoms with Crippen molar-refractivity contribution >= 4 is 21.4 Å². The van der Waals surface area contributed by atoms with Gasteiger partial charge in [-0.05, 0) is 50.2 Å². The third-order valence-electron chi connectivity index (χ3n) is 5.13. The zero-order valence-corrected chi connectivity index (χ0v) is 19.3. The van der Waals surface area contributed by atoms with Gasteiger partial charge in [0.25, 0.3) is 5.91 Å². The number of aromatic nitrogens is 4. The number of nitrogens with one attached hydrogen (secondary N) is 1. The topological polar surface area (TPSA) is 116 Å². The molecule has 0 aliphatic heterocycles. The zero-order valence-electron chi connectivity index (χ0n) is 18.5. The summed E-state index contributed by atoms with van der Waals surface area (Å²) in [6.07, 6.45) is 3.01. The molecule has 1 amide bonds. The smallest absolute Gasteiger partial charge is 0.341 e. The fraction of sp³-hybridized carbons (Fsp3) is 0.130. The summed E-state index contributed by atoms with van der Waals surface area (Å²) >= 11 is 0. The molecule has 0 atom stereocenters. The van der Waals surface area contributed by atoms with Crippen molar-refractivity contribution in [3.8, 4) is 17.4 Å². The first kappa shape index (κ1) is 24.0. The van der Waals surface area contributed by atoms with Crippen molar-refractivity contribution in [1.82, 2.24) is 19.5 Å². The molecule has 0 aliphatic rings. The first-order chi connectivity index (χ1) is 16.7. The number of hydrogen-bond acceptors (Lipinski definition) is 7. The van der Waals surface area contributed by atoms with Crippen molar-refractivity contribution in [1.29, 1.82) is 0 Å². The Bertz CT molecular complexity index is 1490. The van der Waals surface area contributed by atoms with Gasteiger partial charge in [0.1, 0.15) is 24.2 Å². The van der Waals surface area contributed by atoms with E-state index in [1.54, 1.807) is 29.1 Å². The minimum absolute atomic E-state index is 0.281. The van der Waals surface area contributed by atoms with Crippen LogP contribution in [0.2, 0.25) is 0 Å². The van der Waals surface area contributed by atoms with E-state index < -0.39 is 26.4 Å². The van der Waals surface area contributed by atoms with Crippen molar-refractivity contribution in [3.05, 3.63) is 84.2 Å². The number of rotatable bonds is 7. The number of nitrogens with zero attached hydrogens (tertiary/aromatic N) is 4. The van der Waals surface area contributed by atoms with Crippen molar-refractivity contribution in [2.75, 3.05) is 5.32 Å². The number of amides is 1. The fourth-order valence-corrected chi connectivity index (χ4v) is 4.10. The monoisotopic (exact) mass is 499 g/mol. The molecule has 2 aromatic heterocycles. The largest absolute Gasteiger partial charge is 0.439 e. The molecule has 1 N–H and O–H groups in total. The maximum absolute atomic E-state index is 13.0. The second kappa shape index (κ2) is 9.58. The summed E-state index contributed by atoms with van der Waals surface area (Å²) in [7, 11) is -4.94. The number of halogens is 2. The molecule has 180 valence electrons. The van der Waals surface area contributed by atoms with Gasteiger partial charge >= 0.3 is 5.76 Å². The normalized spacial score (nSPS) is 11.5. The number of anilines is 1. The van der Waals surface area contributed by atoms with E-state index in [4.69, 9.17) is 4.74 Å². The maximum Gasteiger partial charge on any atom is 0.341 e. The van der Waals surface area contributed by atoms with Crippen LogP contribution >= 0.6 is 0 Å². The predicted molar refractivity (Wildman–Crippen MR) is 123 cm³/mol. The van der Waals surface area contributed by atoms with Crippen LogP contribution in [-0.2, 0) is 9.84 Å². The number of imidazole rings is 1. The number of carbonyl (C=O) groups excluding carboxylic acids is 1. The number of carbonyl (C=O) groups is 1. The Hall–Kier alpha value is -4.19. The lowest BCUT2D eigenvalue weighted by molar-refractivity contribution is 0.102. The molecule has 4 rings (SSSR count). The molecule has 12 heteroatoms. The lowest BCUT2D eigenvalue weighted by Crippen LogP contribution is -2.19. The van der Waals surface area contributed by atoms with Crippen LogP contribution in [0.15, 0.2) is 72.1 Å². The molecule has 0 saturated heterocycles. The Morgan fingerprint density at radius 3 is 2.40 bits per heavy atom. The fourth-order valence-electron chi connectivity index (χ4n) is 3.17. The first-order valence-electron chi connectivity index (χ1n) is 10.2. The standard InChI is InChI=1S/C23H19F2N5O4S/c1-14-15(2)30(13-28-14)20-11-21(27-12-26-20)34-17-9-7-16(8-10-17)29-22(31)18-5-3-4-6-19(18)35(32,33)23(24)25/h3-13,23H,1-2H3,(H,29,31). The van der Waals surface area contributed by atoms with E-state index in [1.165, 1.54) is 30.6 Å². The molecular weight excluding hydrogens is 480 g/mol. The van der Waals surface area contributed by atoms with Gasteiger partial charge < -0.3 is 10.1 Å². The summed E-state index contributed by atoms with van der Waals surface area (Å²) < 4.78 is 57.3. The third kappa shape index (κ3) is 5.01. The summed E-state index contributed by atoms with van der Waals surface area (Å²) in [5, 5.41) is 2.50. The molecule has 0 aliphatic carbocycles. The first-order valence-corrected chi connectivity index (χ1v) is 11.7. The average molecular weight is 499 g/mol. The van der Waals surface area contributed by atoms with Crippen LogP contribution < -0.4 is 10.1 Å². The van der Waals surface area contributed by atoms with Gasteiger partial charge in [0.2, 0.25) is 15.7 Å². The van der Waals surface area contributed by atoms with E-state index in [-0.39, 0.29) is 11.4 Å². The van der Waals surface area contributed by atoms with Crippen LogP contribution in [0.1, 0.15) is 21.7 Å². The van der Waals surface area contributed by atoms with Crippen molar-refractivity contribution < 1.29 is 26.7 Å². The van der Waals surface area contributed by atoms with Gasteiger partial charge in [-0.3, -0.25) is 9.36 Å².